The molecule has 0 saturated heterocycles. The van der Waals surface area contributed by atoms with Crippen molar-refractivity contribution in [2.45, 2.75) is 32.6 Å². The van der Waals surface area contributed by atoms with Crippen molar-refractivity contribution >= 4 is 11.8 Å². The number of hydrogen-bond acceptors (Lipinski definition) is 3. The van der Waals surface area contributed by atoms with Crippen molar-refractivity contribution in [3.8, 4) is 5.75 Å². The van der Waals surface area contributed by atoms with Crippen molar-refractivity contribution < 1.29 is 14.3 Å². The maximum atomic E-state index is 12.3. The topological polar surface area (TPSA) is 58.6 Å². The van der Waals surface area contributed by atoms with E-state index in [1.807, 2.05) is 11.0 Å². The van der Waals surface area contributed by atoms with Crippen LogP contribution in [0.2, 0.25) is 0 Å². The quantitative estimate of drug-likeness (QED) is 0.840. The molecule has 120 valence electrons. The number of benzene rings is 1. The van der Waals surface area contributed by atoms with Crippen molar-refractivity contribution in [2.75, 3.05) is 26.7 Å². The largest absolute Gasteiger partial charge is 0.497 e. The molecule has 1 aliphatic rings. The Hall–Kier alpha value is -2.04. The summed E-state index contributed by atoms with van der Waals surface area (Å²) < 4.78 is 5.27. The Morgan fingerprint density at radius 1 is 1.23 bits per heavy atom. The predicted octanol–water partition coefficient (Wildman–Crippen LogP) is 1.54. The van der Waals surface area contributed by atoms with Crippen LogP contribution in [0, 0.1) is 0 Å². The monoisotopic (exact) mass is 304 g/mol. The minimum absolute atomic E-state index is 0.0494. The van der Waals surface area contributed by atoms with Crippen LogP contribution in [0.3, 0.4) is 0 Å². The lowest BCUT2D eigenvalue weighted by molar-refractivity contribution is -0.131. The molecule has 1 aromatic carbocycles. The SMILES string of the molecule is COc1ccc2c(c1)CCN(C(=O)CCCNC(C)=O)CC2. The second kappa shape index (κ2) is 7.82. The van der Waals surface area contributed by atoms with Gasteiger partial charge in [-0.25, -0.2) is 0 Å². The Bertz CT molecular complexity index is 543. The normalized spacial score (nSPS) is 14.0. The van der Waals surface area contributed by atoms with E-state index in [0.29, 0.717) is 19.4 Å². The number of hydrogen-bond donors (Lipinski definition) is 1. The fraction of sp³-hybridized carbons (Fsp3) is 0.529. The number of ether oxygens (including phenoxy) is 1. The van der Waals surface area contributed by atoms with Crippen LogP contribution in [0.4, 0.5) is 0 Å². The summed E-state index contributed by atoms with van der Waals surface area (Å²) in [6, 6.07) is 6.14. The molecule has 0 saturated carbocycles. The molecule has 2 rings (SSSR count). The molecule has 1 aromatic rings. The lowest BCUT2D eigenvalue weighted by atomic mass is 10.0. The maximum absolute atomic E-state index is 12.3. The molecule has 0 unspecified atom stereocenters. The van der Waals surface area contributed by atoms with Gasteiger partial charge < -0.3 is 15.0 Å². The third-order valence-electron chi connectivity index (χ3n) is 4.01. The molecule has 0 aromatic heterocycles. The Morgan fingerprint density at radius 3 is 2.64 bits per heavy atom. The predicted molar refractivity (Wildman–Crippen MR) is 84.9 cm³/mol. The summed E-state index contributed by atoms with van der Waals surface area (Å²) in [6.45, 7) is 3.56. The van der Waals surface area contributed by atoms with Crippen molar-refractivity contribution in [3.05, 3.63) is 29.3 Å². The minimum Gasteiger partial charge on any atom is -0.497 e. The van der Waals surface area contributed by atoms with Gasteiger partial charge >= 0.3 is 0 Å². The first-order valence-electron chi connectivity index (χ1n) is 7.78. The average molecular weight is 304 g/mol. The van der Waals surface area contributed by atoms with E-state index in [1.54, 1.807) is 7.11 Å². The highest BCUT2D eigenvalue weighted by atomic mass is 16.5. The van der Waals surface area contributed by atoms with E-state index in [-0.39, 0.29) is 11.8 Å². The van der Waals surface area contributed by atoms with E-state index in [2.05, 4.69) is 17.4 Å². The number of nitrogens with one attached hydrogen (secondary N) is 1. The molecule has 0 radical (unpaired) electrons. The summed E-state index contributed by atoms with van der Waals surface area (Å²) >= 11 is 0. The first-order valence-corrected chi connectivity index (χ1v) is 7.78. The van der Waals surface area contributed by atoms with E-state index in [1.165, 1.54) is 18.1 Å². The van der Waals surface area contributed by atoms with E-state index in [9.17, 15) is 9.59 Å². The van der Waals surface area contributed by atoms with Gasteiger partial charge in [0, 0.05) is 33.0 Å². The summed E-state index contributed by atoms with van der Waals surface area (Å²) in [7, 11) is 1.67. The highest BCUT2D eigenvalue weighted by Gasteiger charge is 2.18. The van der Waals surface area contributed by atoms with Crippen LogP contribution < -0.4 is 10.1 Å². The summed E-state index contributed by atoms with van der Waals surface area (Å²) in [6.07, 6.45) is 2.93. The molecule has 0 atom stereocenters. The first-order chi connectivity index (χ1) is 10.6. The number of fused-ring (bicyclic) bond motifs is 1. The molecule has 1 heterocycles. The molecule has 1 N–H and O–H groups in total. The van der Waals surface area contributed by atoms with Crippen molar-refractivity contribution in [1.82, 2.24) is 10.2 Å². The minimum atomic E-state index is -0.0494. The van der Waals surface area contributed by atoms with E-state index in [0.717, 1.165) is 31.7 Å². The maximum Gasteiger partial charge on any atom is 0.222 e. The van der Waals surface area contributed by atoms with Crippen LogP contribution in [-0.2, 0) is 22.4 Å². The molecule has 5 heteroatoms. The van der Waals surface area contributed by atoms with Crippen LogP contribution in [-0.4, -0.2) is 43.5 Å². The second-order valence-corrected chi connectivity index (χ2v) is 5.60. The molecular formula is C17H24N2O3. The highest BCUT2D eigenvalue weighted by Crippen LogP contribution is 2.22. The van der Waals surface area contributed by atoms with Gasteiger partial charge in [0.15, 0.2) is 0 Å². The Labute approximate surface area is 131 Å². The number of carbonyl (C=O) groups excluding carboxylic acids is 2. The fourth-order valence-corrected chi connectivity index (χ4v) is 2.74. The van der Waals surface area contributed by atoms with Gasteiger partial charge in [0.1, 0.15) is 5.75 Å². The highest BCUT2D eigenvalue weighted by molar-refractivity contribution is 5.76. The number of methoxy groups -OCH3 is 1. The van der Waals surface area contributed by atoms with Gasteiger partial charge in [0.25, 0.3) is 0 Å². The molecular weight excluding hydrogens is 280 g/mol. The molecule has 22 heavy (non-hydrogen) atoms. The zero-order chi connectivity index (χ0) is 15.9. The van der Waals surface area contributed by atoms with Crippen molar-refractivity contribution in [3.63, 3.8) is 0 Å². The van der Waals surface area contributed by atoms with Gasteiger partial charge in [0.2, 0.25) is 11.8 Å². The van der Waals surface area contributed by atoms with Crippen LogP contribution in [0.5, 0.6) is 5.75 Å². The Morgan fingerprint density at radius 2 is 1.95 bits per heavy atom. The summed E-state index contributed by atoms with van der Waals surface area (Å²) in [5.41, 5.74) is 2.57. The molecule has 0 bridgehead atoms. The van der Waals surface area contributed by atoms with Gasteiger partial charge in [0.05, 0.1) is 7.11 Å². The van der Waals surface area contributed by atoms with Gasteiger partial charge in [-0.3, -0.25) is 9.59 Å². The Kier molecular flexibility index (Phi) is 5.81. The molecule has 5 nitrogen and oxygen atoms in total. The van der Waals surface area contributed by atoms with E-state index >= 15 is 0 Å². The molecule has 0 fully saturated rings. The van der Waals surface area contributed by atoms with Crippen LogP contribution in [0.1, 0.15) is 30.9 Å². The van der Waals surface area contributed by atoms with Crippen LogP contribution >= 0.6 is 0 Å². The smallest absolute Gasteiger partial charge is 0.222 e. The Balaban J connectivity index is 1.86. The molecule has 1 aliphatic heterocycles. The van der Waals surface area contributed by atoms with Gasteiger partial charge in [-0.1, -0.05) is 6.07 Å². The fourth-order valence-electron chi connectivity index (χ4n) is 2.74. The van der Waals surface area contributed by atoms with Crippen LogP contribution in [0.25, 0.3) is 0 Å². The second-order valence-electron chi connectivity index (χ2n) is 5.60. The van der Waals surface area contributed by atoms with Crippen molar-refractivity contribution in [2.24, 2.45) is 0 Å². The molecule has 2 amide bonds. The molecule has 0 spiro atoms. The average Bonchev–Trinajstić information content (AvgIpc) is 2.73. The van der Waals surface area contributed by atoms with E-state index in [4.69, 9.17) is 4.74 Å². The van der Waals surface area contributed by atoms with E-state index < -0.39 is 0 Å². The van der Waals surface area contributed by atoms with Crippen molar-refractivity contribution in [1.29, 1.82) is 0 Å². The third-order valence-corrected chi connectivity index (χ3v) is 4.01. The third kappa shape index (κ3) is 4.48. The number of rotatable bonds is 5. The zero-order valence-corrected chi connectivity index (χ0v) is 13.4. The van der Waals surface area contributed by atoms with Gasteiger partial charge in [-0.05, 0) is 42.5 Å². The number of carbonyl (C=O) groups is 2. The summed E-state index contributed by atoms with van der Waals surface area (Å²) in [4.78, 5) is 25.0. The lowest BCUT2D eigenvalue weighted by Crippen LogP contribution is -2.33. The first kappa shape index (κ1) is 16.3. The van der Waals surface area contributed by atoms with Gasteiger partial charge in [-0.2, -0.15) is 0 Å². The lowest BCUT2D eigenvalue weighted by Gasteiger charge is -2.20. The number of amides is 2. The molecule has 0 aliphatic carbocycles. The summed E-state index contributed by atoms with van der Waals surface area (Å²) in [5, 5.41) is 2.72. The number of nitrogens with zero attached hydrogens (tertiary/aromatic N) is 1. The zero-order valence-electron chi connectivity index (χ0n) is 13.4. The van der Waals surface area contributed by atoms with Gasteiger partial charge in [-0.15, -0.1) is 0 Å². The summed E-state index contributed by atoms with van der Waals surface area (Å²) in [5.74, 6) is 0.991. The standard InChI is InChI=1S/C17H24N2O3/c1-13(20)18-9-3-4-17(21)19-10-7-14-5-6-16(22-2)12-15(14)8-11-19/h5-6,12H,3-4,7-11H2,1-2H3,(H,18,20). The van der Waals surface area contributed by atoms with Crippen LogP contribution in [0.15, 0.2) is 18.2 Å².